The van der Waals surface area contributed by atoms with Crippen molar-refractivity contribution in [2.24, 2.45) is 0 Å². The van der Waals surface area contributed by atoms with Crippen molar-refractivity contribution < 1.29 is 9.53 Å². The Morgan fingerprint density at radius 2 is 2.19 bits per heavy atom. The summed E-state index contributed by atoms with van der Waals surface area (Å²) in [4.78, 5) is 11.4. The zero-order valence-corrected chi connectivity index (χ0v) is 9.75. The minimum atomic E-state index is -0.393. The van der Waals surface area contributed by atoms with Crippen LogP contribution in [0.3, 0.4) is 0 Å². The van der Waals surface area contributed by atoms with Crippen LogP contribution < -0.4 is 4.74 Å². The Balaban J connectivity index is 3.03. The first kappa shape index (κ1) is 12.2. The van der Waals surface area contributed by atoms with Gasteiger partial charge in [0.15, 0.2) is 0 Å². The summed E-state index contributed by atoms with van der Waals surface area (Å²) in [5, 5.41) is 0. The number of esters is 1. The maximum absolute atomic E-state index is 11.4. The highest BCUT2D eigenvalue weighted by atomic mass is 16.5. The molecule has 0 saturated carbocycles. The molecule has 0 aliphatic carbocycles. The molecule has 0 spiro atoms. The maximum Gasteiger partial charge on any atom is 0.338 e. The molecule has 0 saturated heterocycles. The van der Waals surface area contributed by atoms with Crippen molar-refractivity contribution in [3.63, 3.8) is 0 Å². The molecule has 2 heteroatoms. The lowest BCUT2D eigenvalue weighted by Crippen LogP contribution is -2.10. The van der Waals surface area contributed by atoms with Gasteiger partial charge in [-0.05, 0) is 31.9 Å². The molecule has 0 amide bonds. The molecule has 0 aliphatic rings. The van der Waals surface area contributed by atoms with E-state index in [4.69, 9.17) is 4.74 Å². The van der Waals surface area contributed by atoms with Gasteiger partial charge in [0.25, 0.3) is 0 Å². The predicted octanol–water partition coefficient (Wildman–Crippen LogP) is 3.21. The Labute approximate surface area is 96.2 Å². The van der Waals surface area contributed by atoms with Crippen LogP contribution in [0.25, 0.3) is 0 Å². The van der Waals surface area contributed by atoms with E-state index in [0.717, 1.165) is 11.1 Å². The van der Waals surface area contributed by atoms with Crippen LogP contribution in [0, 0.1) is 6.92 Å². The van der Waals surface area contributed by atoms with E-state index >= 15 is 0 Å². The van der Waals surface area contributed by atoms with Crippen molar-refractivity contribution in [3.8, 4) is 5.75 Å². The summed E-state index contributed by atoms with van der Waals surface area (Å²) < 4.78 is 5.25. The lowest BCUT2D eigenvalue weighted by molar-refractivity contribution is -0.130. The van der Waals surface area contributed by atoms with Crippen LogP contribution >= 0.6 is 0 Å². The average Bonchev–Trinajstić information content (AvgIpc) is 2.23. The minimum Gasteiger partial charge on any atom is -0.423 e. The van der Waals surface area contributed by atoms with Crippen LogP contribution in [-0.2, 0) is 11.2 Å². The number of carbonyl (C=O) groups is 1. The van der Waals surface area contributed by atoms with Gasteiger partial charge in [-0.2, -0.15) is 0 Å². The van der Waals surface area contributed by atoms with Gasteiger partial charge in [-0.25, -0.2) is 4.79 Å². The quantitative estimate of drug-likeness (QED) is 0.334. The second-order valence-electron chi connectivity index (χ2n) is 3.71. The summed E-state index contributed by atoms with van der Waals surface area (Å²) in [6, 6.07) is 5.63. The van der Waals surface area contributed by atoms with Crippen LogP contribution in [0.1, 0.15) is 18.1 Å². The molecule has 0 atom stereocenters. The molecule has 16 heavy (non-hydrogen) atoms. The molecular formula is C14H16O2. The monoisotopic (exact) mass is 216 g/mol. The SMILES string of the molecule is C=CCc1c(C)cccc1OC(=O)C(=C)C. The van der Waals surface area contributed by atoms with Crippen molar-refractivity contribution in [3.05, 3.63) is 54.1 Å². The van der Waals surface area contributed by atoms with Crippen LogP contribution in [0.4, 0.5) is 0 Å². The summed E-state index contributed by atoms with van der Waals surface area (Å²) in [7, 11) is 0. The molecular weight excluding hydrogens is 200 g/mol. The van der Waals surface area contributed by atoms with Crippen LogP contribution in [-0.4, -0.2) is 5.97 Å². The lowest BCUT2D eigenvalue weighted by Gasteiger charge is -2.11. The highest BCUT2D eigenvalue weighted by Gasteiger charge is 2.10. The molecule has 84 valence electrons. The van der Waals surface area contributed by atoms with Gasteiger partial charge in [-0.3, -0.25) is 0 Å². The summed E-state index contributed by atoms with van der Waals surface area (Å²) in [6.45, 7) is 10.9. The molecule has 0 bridgehead atoms. The summed E-state index contributed by atoms with van der Waals surface area (Å²) >= 11 is 0. The Morgan fingerprint density at radius 1 is 1.50 bits per heavy atom. The van der Waals surface area contributed by atoms with E-state index in [1.165, 1.54) is 0 Å². The molecule has 0 radical (unpaired) electrons. The largest absolute Gasteiger partial charge is 0.423 e. The summed E-state index contributed by atoms with van der Waals surface area (Å²) in [5.41, 5.74) is 2.48. The topological polar surface area (TPSA) is 26.3 Å². The molecule has 0 heterocycles. The number of rotatable bonds is 4. The zero-order chi connectivity index (χ0) is 12.1. The standard InChI is InChI=1S/C14H16O2/c1-5-7-12-11(4)8-6-9-13(12)16-14(15)10(2)3/h5-6,8-9H,1-2,7H2,3-4H3. The van der Waals surface area contributed by atoms with Crippen molar-refractivity contribution in [2.75, 3.05) is 0 Å². The smallest absolute Gasteiger partial charge is 0.338 e. The Hall–Kier alpha value is -1.83. The van der Waals surface area contributed by atoms with E-state index in [9.17, 15) is 4.79 Å². The minimum absolute atomic E-state index is 0.393. The normalized spacial score (nSPS) is 9.62. The number of carbonyl (C=O) groups excluding carboxylic acids is 1. The molecule has 1 rings (SSSR count). The van der Waals surface area contributed by atoms with Gasteiger partial charge in [0.05, 0.1) is 0 Å². The van der Waals surface area contributed by atoms with Crippen molar-refractivity contribution in [1.29, 1.82) is 0 Å². The van der Waals surface area contributed by atoms with E-state index in [2.05, 4.69) is 13.2 Å². The Kier molecular flexibility index (Phi) is 4.06. The van der Waals surface area contributed by atoms with E-state index < -0.39 is 5.97 Å². The lowest BCUT2D eigenvalue weighted by atomic mass is 10.0. The van der Waals surface area contributed by atoms with Crippen molar-refractivity contribution >= 4 is 5.97 Å². The van der Waals surface area contributed by atoms with E-state index in [1.54, 1.807) is 19.1 Å². The fraction of sp³-hybridized carbons (Fsp3) is 0.214. The van der Waals surface area contributed by atoms with Crippen LogP contribution in [0.5, 0.6) is 5.75 Å². The molecule has 1 aromatic carbocycles. The molecule has 0 aromatic heterocycles. The van der Waals surface area contributed by atoms with Crippen molar-refractivity contribution in [1.82, 2.24) is 0 Å². The highest BCUT2D eigenvalue weighted by molar-refractivity contribution is 5.89. The molecule has 0 fully saturated rings. The van der Waals surface area contributed by atoms with Crippen LogP contribution in [0.2, 0.25) is 0 Å². The second-order valence-corrected chi connectivity index (χ2v) is 3.71. The third-order valence-electron chi connectivity index (χ3n) is 2.27. The molecule has 1 aromatic rings. The fourth-order valence-corrected chi connectivity index (χ4v) is 1.36. The third kappa shape index (κ3) is 2.83. The Bertz CT molecular complexity index is 430. The van der Waals surface area contributed by atoms with Gasteiger partial charge in [0.1, 0.15) is 5.75 Å². The molecule has 0 unspecified atom stereocenters. The van der Waals surface area contributed by atoms with Gasteiger partial charge in [0.2, 0.25) is 0 Å². The number of allylic oxidation sites excluding steroid dienone is 1. The highest BCUT2D eigenvalue weighted by Crippen LogP contribution is 2.23. The first-order valence-electron chi connectivity index (χ1n) is 5.13. The summed E-state index contributed by atoms with van der Waals surface area (Å²) in [5.74, 6) is 0.198. The van der Waals surface area contributed by atoms with Crippen molar-refractivity contribution in [2.45, 2.75) is 20.3 Å². The van der Waals surface area contributed by atoms with E-state index in [0.29, 0.717) is 17.7 Å². The molecule has 0 aliphatic heterocycles. The third-order valence-corrected chi connectivity index (χ3v) is 2.27. The second kappa shape index (κ2) is 5.31. The van der Waals surface area contributed by atoms with Gasteiger partial charge in [0, 0.05) is 11.1 Å². The molecule has 0 N–H and O–H groups in total. The Morgan fingerprint density at radius 3 is 2.75 bits per heavy atom. The summed E-state index contributed by atoms with van der Waals surface area (Å²) in [6.07, 6.45) is 2.48. The van der Waals surface area contributed by atoms with E-state index in [1.807, 2.05) is 19.1 Å². The number of benzene rings is 1. The number of ether oxygens (including phenoxy) is 1. The number of aryl methyl sites for hydroxylation is 1. The zero-order valence-electron chi connectivity index (χ0n) is 9.75. The number of hydrogen-bond donors (Lipinski definition) is 0. The van der Waals surface area contributed by atoms with Gasteiger partial charge in [-0.1, -0.05) is 24.8 Å². The van der Waals surface area contributed by atoms with Gasteiger partial charge in [-0.15, -0.1) is 6.58 Å². The van der Waals surface area contributed by atoms with Gasteiger partial charge < -0.3 is 4.74 Å². The first-order valence-corrected chi connectivity index (χ1v) is 5.13. The number of hydrogen-bond acceptors (Lipinski definition) is 2. The average molecular weight is 216 g/mol. The first-order chi connectivity index (χ1) is 7.56. The van der Waals surface area contributed by atoms with Gasteiger partial charge >= 0.3 is 5.97 Å². The maximum atomic E-state index is 11.4. The van der Waals surface area contributed by atoms with Crippen LogP contribution in [0.15, 0.2) is 43.0 Å². The predicted molar refractivity (Wildman–Crippen MR) is 65.5 cm³/mol. The van der Waals surface area contributed by atoms with E-state index in [-0.39, 0.29) is 0 Å². The fourth-order valence-electron chi connectivity index (χ4n) is 1.36. The molecule has 2 nitrogen and oxygen atoms in total.